The second-order valence-electron chi connectivity index (χ2n) is 8.58. The first-order valence-corrected chi connectivity index (χ1v) is 9.76. The average Bonchev–Trinajstić information content (AvgIpc) is 3.06. The molecular weight excluding hydrogens is 459 g/mol. The number of aliphatic imine (C=N–C) groups is 1. The maximum atomic E-state index is 12.1. The normalized spacial score (nSPS) is 20.4. The first-order valence-electron chi connectivity index (χ1n) is 9.76. The molecule has 1 saturated heterocycles. The summed E-state index contributed by atoms with van der Waals surface area (Å²) in [6.07, 6.45) is 5.75. The Hall–Kier alpha value is -0.770. The summed E-state index contributed by atoms with van der Waals surface area (Å²) in [6.45, 7) is 9.81. The Morgan fingerprint density at radius 3 is 2.19 bits per heavy atom. The highest BCUT2D eigenvalue weighted by Gasteiger charge is 2.33. The van der Waals surface area contributed by atoms with E-state index in [-0.39, 0.29) is 35.5 Å². The van der Waals surface area contributed by atoms with Crippen LogP contribution in [0.3, 0.4) is 0 Å². The number of hydrogen-bond acceptors (Lipinski definition) is 4. The van der Waals surface area contributed by atoms with Crippen LogP contribution in [0, 0.1) is 5.41 Å². The molecule has 1 heterocycles. The van der Waals surface area contributed by atoms with Crippen LogP contribution in [0.2, 0.25) is 0 Å². The number of hydrogen-bond donors (Lipinski definition) is 1. The number of ether oxygens (including phenoxy) is 2. The van der Waals surface area contributed by atoms with Gasteiger partial charge in [-0.2, -0.15) is 0 Å². The van der Waals surface area contributed by atoms with Crippen molar-refractivity contribution in [1.82, 2.24) is 9.80 Å². The quantitative estimate of drug-likeness (QED) is 0.360. The molecule has 7 nitrogen and oxygen atoms in total. The SMILES string of the molecule is COCCC1(CN=C(N)N2CCN(C(=O)OC(C)(C)C)CC2)CCCC1.I. The second kappa shape index (κ2) is 10.7. The van der Waals surface area contributed by atoms with Crippen molar-refractivity contribution >= 4 is 36.0 Å². The summed E-state index contributed by atoms with van der Waals surface area (Å²) in [4.78, 5) is 20.7. The minimum atomic E-state index is -0.466. The fourth-order valence-electron chi connectivity index (χ4n) is 3.72. The largest absolute Gasteiger partial charge is 0.444 e. The predicted molar refractivity (Wildman–Crippen MR) is 119 cm³/mol. The molecule has 2 N–H and O–H groups in total. The number of rotatable bonds is 5. The van der Waals surface area contributed by atoms with E-state index in [0.717, 1.165) is 19.6 Å². The fraction of sp³-hybridized carbons (Fsp3) is 0.895. The van der Waals surface area contributed by atoms with Gasteiger partial charge in [-0.25, -0.2) is 4.79 Å². The molecule has 1 aliphatic heterocycles. The van der Waals surface area contributed by atoms with E-state index in [1.807, 2.05) is 20.8 Å². The number of piperazine rings is 1. The first kappa shape index (κ1) is 24.3. The molecule has 0 spiro atoms. The van der Waals surface area contributed by atoms with Gasteiger partial charge in [0, 0.05) is 46.4 Å². The van der Waals surface area contributed by atoms with Gasteiger partial charge in [-0.15, -0.1) is 24.0 Å². The monoisotopic (exact) mass is 496 g/mol. The number of guanidine groups is 1. The number of carbonyl (C=O) groups is 1. The molecule has 1 amide bonds. The van der Waals surface area contributed by atoms with Crippen molar-refractivity contribution in [2.45, 2.75) is 58.5 Å². The molecule has 0 bridgehead atoms. The van der Waals surface area contributed by atoms with E-state index in [4.69, 9.17) is 20.2 Å². The highest BCUT2D eigenvalue weighted by atomic mass is 127. The van der Waals surface area contributed by atoms with Crippen molar-refractivity contribution in [3.05, 3.63) is 0 Å². The van der Waals surface area contributed by atoms with Gasteiger partial charge in [-0.1, -0.05) is 12.8 Å². The van der Waals surface area contributed by atoms with Gasteiger partial charge in [0.2, 0.25) is 0 Å². The van der Waals surface area contributed by atoms with Crippen LogP contribution in [0.5, 0.6) is 0 Å². The van der Waals surface area contributed by atoms with Gasteiger partial charge in [-0.05, 0) is 45.4 Å². The minimum absolute atomic E-state index is 0. The third kappa shape index (κ3) is 7.63. The lowest BCUT2D eigenvalue weighted by atomic mass is 9.83. The van der Waals surface area contributed by atoms with Crippen LogP contribution < -0.4 is 5.73 Å². The zero-order valence-electron chi connectivity index (χ0n) is 17.3. The highest BCUT2D eigenvalue weighted by molar-refractivity contribution is 14.0. The lowest BCUT2D eigenvalue weighted by Crippen LogP contribution is -2.53. The van der Waals surface area contributed by atoms with Crippen molar-refractivity contribution in [2.24, 2.45) is 16.1 Å². The summed E-state index contributed by atoms with van der Waals surface area (Å²) < 4.78 is 10.7. The predicted octanol–water partition coefficient (Wildman–Crippen LogP) is 3.07. The van der Waals surface area contributed by atoms with Gasteiger partial charge in [0.15, 0.2) is 5.96 Å². The molecule has 2 aliphatic rings. The number of amides is 1. The van der Waals surface area contributed by atoms with Gasteiger partial charge in [-0.3, -0.25) is 4.99 Å². The summed E-state index contributed by atoms with van der Waals surface area (Å²) in [5.41, 5.74) is 6.03. The number of halogens is 1. The molecule has 0 aromatic heterocycles. The summed E-state index contributed by atoms with van der Waals surface area (Å²) in [5, 5.41) is 0. The molecule has 0 aromatic rings. The molecule has 1 saturated carbocycles. The molecule has 1 aliphatic carbocycles. The Bertz CT molecular complexity index is 494. The second-order valence-corrected chi connectivity index (χ2v) is 8.58. The molecule has 8 heteroatoms. The molecule has 0 unspecified atom stereocenters. The third-order valence-electron chi connectivity index (χ3n) is 5.33. The molecule has 2 fully saturated rings. The summed E-state index contributed by atoms with van der Waals surface area (Å²) >= 11 is 0. The molecule has 0 aromatic carbocycles. The zero-order valence-corrected chi connectivity index (χ0v) is 19.7. The molecular formula is C19H37IN4O3. The van der Waals surface area contributed by atoms with E-state index in [0.29, 0.717) is 32.1 Å². The van der Waals surface area contributed by atoms with Crippen molar-refractivity contribution in [3.8, 4) is 0 Å². The summed E-state index contributed by atoms with van der Waals surface area (Å²) in [5.74, 6) is 0.595. The van der Waals surface area contributed by atoms with E-state index < -0.39 is 5.60 Å². The van der Waals surface area contributed by atoms with Crippen LogP contribution >= 0.6 is 24.0 Å². The van der Waals surface area contributed by atoms with Crippen LogP contribution in [0.25, 0.3) is 0 Å². The van der Waals surface area contributed by atoms with E-state index in [2.05, 4.69) is 4.90 Å². The molecule has 158 valence electrons. The van der Waals surface area contributed by atoms with Crippen LogP contribution in [0.4, 0.5) is 4.79 Å². The fourth-order valence-corrected chi connectivity index (χ4v) is 3.72. The topological polar surface area (TPSA) is 80.4 Å². The standard InChI is InChI=1S/C19H36N4O3.HI/c1-18(2,3)26-17(24)23-12-10-22(11-13-23)16(20)21-15-19(9-14-25-4)7-5-6-8-19;/h5-15H2,1-4H3,(H2,20,21);1H. The third-order valence-corrected chi connectivity index (χ3v) is 5.33. The maximum Gasteiger partial charge on any atom is 0.410 e. The Morgan fingerprint density at radius 1 is 1.11 bits per heavy atom. The smallest absolute Gasteiger partial charge is 0.410 e. The molecule has 2 rings (SSSR count). The van der Waals surface area contributed by atoms with Crippen molar-refractivity contribution < 1.29 is 14.3 Å². The van der Waals surface area contributed by atoms with Crippen LogP contribution in [0.1, 0.15) is 52.9 Å². The van der Waals surface area contributed by atoms with Gasteiger partial charge in [0.1, 0.15) is 5.60 Å². The summed E-state index contributed by atoms with van der Waals surface area (Å²) in [7, 11) is 1.75. The first-order chi connectivity index (χ1) is 12.2. The number of nitrogens with two attached hydrogens (primary N) is 1. The van der Waals surface area contributed by atoms with Crippen LogP contribution in [0.15, 0.2) is 4.99 Å². The van der Waals surface area contributed by atoms with Crippen molar-refractivity contribution in [3.63, 3.8) is 0 Å². The van der Waals surface area contributed by atoms with E-state index in [9.17, 15) is 4.79 Å². The number of nitrogens with zero attached hydrogens (tertiary/aromatic N) is 3. The summed E-state index contributed by atoms with van der Waals surface area (Å²) in [6, 6.07) is 0. The van der Waals surface area contributed by atoms with Gasteiger partial charge in [0.25, 0.3) is 0 Å². The minimum Gasteiger partial charge on any atom is -0.444 e. The molecule has 0 radical (unpaired) electrons. The van der Waals surface area contributed by atoms with Crippen LogP contribution in [-0.4, -0.2) is 73.9 Å². The van der Waals surface area contributed by atoms with E-state index in [1.54, 1.807) is 12.0 Å². The lowest BCUT2D eigenvalue weighted by molar-refractivity contribution is 0.0186. The van der Waals surface area contributed by atoms with E-state index >= 15 is 0 Å². The number of carbonyl (C=O) groups excluding carboxylic acids is 1. The maximum absolute atomic E-state index is 12.1. The van der Waals surface area contributed by atoms with Gasteiger partial charge < -0.3 is 25.0 Å². The van der Waals surface area contributed by atoms with Crippen LogP contribution in [-0.2, 0) is 9.47 Å². The van der Waals surface area contributed by atoms with Gasteiger partial charge in [0.05, 0.1) is 0 Å². The Morgan fingerprint density at radius 2 is 1.67 bits per heavy atom. The van der Waals surface area contributed by atoms with Crippen molar-refractivity contribution in [2.75, 3.05) is 46.4 Å². The highest BCUT2D eigenvalue weighted by Crippen LogP contribution is 2.41. The Labute approximate surface area is 181 Å². The Kier molecular flexibility index (Phi) is 9.61. The van der Waals surface area contributed by atoms with Crippen molar-refractivity contribution in [1.29, 1.82) is 0 Å². The Balaban J connectivity index is 0.00000364. The molecule has 27 heavy (non-hydrogen) atoms. The van der Waals surface area contributed by atoms with E-state index in [1.165, 1.54) is 25.7 Å². The number of methoxy groups -OCH3 is 1. The average molecular weight is 496 g/mol. The van der Waals surface area contributed by atoms with Gasteiger partial charge >= 0.3 is 6.09 Å². The lowest BCUT2D eigenvalue weighted by Gasteiger charge is -2.36. The zero-order chi connectivity index (χ0) is 19.2. The molecule has 0 atom stereocenters.